The molecule has 5 aromatic heterocycles. The van der Waals surface area contributed by atoms with Gasteiger partial charge in [-0.1, -0.05) is 36.4 Å². The van der Waals surface area contributed by atoms with Crippen molar-refractivity contribution in [3.63, 3.8) is 0 Å². The monoisotopic (exact) mass is 592 g/mol. The van der Waals surface area contributed by atoms with Crippen LogP contribution in [-0.2, 0) is 5.60 Å². The molecule has 1 aliphatic heterocycles. The van der Waals surface area contributed by atoms with Gasteiger partial charge in [0, 0.05) is 29.9 Å². The van der Waals surface area contributed by atoms with Crippen LogP contribution in [0.5, 0.6) is 5.75 Å². The van der Waals surface area contributed by atoms with Crippen LogP contribution in [0.1, 0.15) is 15.3 Å². The molecule has 0 radical (unpaired) electrons. The molecule has 0 N–H and O–H groups in total. The molecule has 0 amide bonds. The summed E-state index contributed by atoms with van der Waals surface area (Å²) in [5, 5.41) is 8.88. The number of rotatable bonds is 5. The highest BCUT2D eigenvalue weighted by Gasteiger charge is 2.40. The van der Waals surface area contributed by atoms with Crippen LogP contribution in [0, 0.1) is 0 Å². The number of benzene rings is 2. The first-order valence-corrected chi connectivity index (χ1v) is 16.8. The topological polar surface area (TPSA) is 9.23 Å². The summed E-state index contributed by atoms with van der Waals surface area (Å²) in [6.45, 7) is 0. The van der Waals surface area contributed by atoms with Gasteiger partial charge in [-0.2, -0.15) is 0 Å². The van der Waals surface area contributed by atoms with E-state index in [2.05, 4.69) is 119 Å². The van der Waals surface area contributed by atoms with Gasteiger partial charge in [-0.3, -0.25) is 0 Å². The van der Waals surface area contributed by atoms with E-state index in [9.17, 15) is 0 Å². The molecule has 1 unspecified atom stereocenters. The zero-order chi connectivity index (χ0) is 25.8. The van der Waals surface area contributed by atoms with Gasteiger partial charge in [-0.05, 0) is 99.2 Å². The maximum atomic E-state index is 7.03. The third-order valence-electron chi connectivity index (χ3n) is 7.08. The average molecular weight is 593 g/mol. The van der Waals surface area contributed by atoms with Gasteiger partial charge in [0.2, 0.25) is 0 Å². The summed E-state index contributed by atoms with van der Waals surface area (Å²) in [6.07, 6.45) is 4.54. The van der Waals surface area contributed by atoms with Crippen LogP contribution in [0.15, 0.2) is 113 Å². The predicted octanol–water partition coefficient (Wildman–Crippen LogP) is 11.5. The van der Waals surface area contributed by atoms with Crippen molar-refractivity contribution in [2.75, 3.05) is 0 Å². The van der Waals surface area contributed by atoms with E-state index in [1.165, 1.54) is 50.5 Å². The molecule has 6 heteroatoms. The fraction of sp³-hybridized carbons (Fsp3) is 0.0303. The molecule has 0 saturated carbocycles. The van der Waals surface area contributed by atoms with E-state index in [0.29, 0.717) is 0 Å². The SMILES string of the molecule is C1=CC(c2cccs2)(c2ccc(-c3cccs3)s2)Oc2ccc3c(-c4ccc(-c5cccs5)s4)cccc3c21. The van der Waals surface area contributed by atoms with E-state index < -0.39 is 5.60 Å². The van der Waals surface area contributed by atoms with Crippen LogP contribution in [0.4, 0.5) is 0 Å². The summed E-state index contributed by atoms with van der Waals surface area (Å²) in [7, 11) is 0. The number of fused-ring (bicyclic) bond motifs is 3. The molecule has 0 aliphatic carbocycles. The predicted molar refractivity (Wildman–Crippen MR) is 173 cm³/mol. The first kappa shape index (κ1) is 23.6. The maximum Gasteiger partial charge on any atom is 0.196 e. The van der Waals surface area contributed by atoms with Crippen molar-refractivity contribution < 1.29 is 4.74 Å². The lowest BCUT2D eigenvalue weighted by Crippen LogP contribution is -2.32. The smallest absolute Gasteiger partial charge is 0.196 e. The molecule has 1 atom stereocenters. The Hall–Kier alpha value is -3.26. The van der Waals surface area contributed by atoms with Crippen molar-refractivity contribution in [1.82, 2.24) is 0 Å². The summed E-state index contributed by atoms with van der Waals surface area (Å²) >= 11 is 8.99. The molecule has 1 nitrogen and oxygen atoms in total. The summed E-state index contributed by atoms with van der Waals surface area (Å²) in [4.78, 5) is 8.89. The largest absolute Gasteiger partial charge is 0.471 e. The number of hydrogen-bond donors (Lipinski definition) is 0. The molecule has 0 fully saturated rings. The van der Waals surface area contributed by atoms with Gasteiger partial charge in [0.15, 0.2) is 5.60 Å². The van der Waals surface area contributed by atoms with Crippen molar-refractivity contribution in [2.24, 2.45) is 0 Å². The Kier molecular flexibility index (Phi) is 5.71. The highest BCUT2D eigenvalue weighted by atomic mass is 32.1. The highest BCUT2D eigenvalue weighted by Crippen LogP contribution is 2.49. The number of thiophene rings is 5. The van der Waals surface area contributed by atoms with Crippen LogP contribution in [-0.4, -0.2) is 0 Å². The van der Waals surface area contributed by atoms with Crippen molar-refractivity contribution in [1.29, 1.82) is 0 Å². The van der Waals surface area contributed by atoms with Gasteiger partial charge in [0.05, 0.1) is 9.75 Å². The lowest BCUT2D eigenvalue weighted by atomic mass is 9.91. The first-order valence-electron chi connectivity index (χ1n) is 12.5. The van der Waals surface area contributed by atoms with E-state index in [4.69, 9.17) is 4.74 Å². The van der Waals surface area contributed by atoms with Crippen molar-refractivity contribution in [3.05, 3.63) is 129 Å². The lowest BCUT2D eigenvalue weighted by Gasteiger charge is -2.34. The van der Waals surface area contributed by atoms with Crippen molar-refractivity contribution in [3.8, 4) is 35.7 Å². The minimum absolute atomic E-state index is 0.629. The van der Waals surface area contributed by atoms with Gasteiger partial charge in [0.25, 0.3) is 0 Å². The Morgan fingerprint density at radius 2 is 1.26 bits per heavy atom. The Bertz CT molecular complexity index is 1930. The van der Waals surface area contributed by atoms with Crippen molar-refractivity contribution in [2.45, 2.75) is 5.60 Å². The quantitative estimate of drug-likeness (QED) is 0.193. The summed E-state index contributed by atoms with van der Waals surface area (Å²) in [6, 6.07) is 32.9. The second-order valence-corrected chi connectivity index (χ2v) is 14.3. The minimum Gasteiger partial charge on any atom is -0.471 e. The van der Waals surface area contributed by atoms with E-state index >= 15 is 0 Å². The molecule has 6 heterocycles. The molecule has 0 saturated heterocycles. The Morgan fingerprint density at radius 1 is 0.513 bits per heavy atom. The summed E-state index contributed by atoms with van der Waals surface area (Å²) in [5.74, 6) is 0.923. The zero-order valence-electron chi connectivity index (χ0n) is 20.5. The van der Waals surface area contributed by atoms with Gasteiger partial charge < -0.3 is 4.74 Å². The molecule has 188 valence electrons. The standard InChI is InChI=1S/C33H20OS5/c1-5-21-22(24(6-1)26-12-13-29(38-26)27-7-2-18-35-27)10-11-25-23(21)16-17-33(34-25,31-9-4-20-37-31)32-15-14-30(39-32)28-8-3-19-36-28/h1-20H. The van der Waals surface area contributed by atoms with Gasteiger partial charge >= 0.3 is 0 Å². The minimum atomic E-state index is -0.629. The van der Waals surface area contributed by atoms with Crippen LogP contribution >= 0.6 is 56.7 Å². The molecule has 8 rings (SSSR count). The fourth-order valence-electron chi connectivity index (χ4n) is 5.24. The van der Waals surface area contributed by atoms with Gasteiger partial charge in [-0.25, -0.2) is 0 Å². The van der Waals surface area contributed by atoms with Crippen LogP contribution in [0.25, 0.3) is 46.8 Å². The molecular formula is C33H20OS5. The van der Waals surface area contributed by atoms with Crippen LogP contribution in [0.2, 0.25) is 0 Å². The normalized spacial score (nSPS) is 16.4. The summed E-state index contributed by atoms with van der Waals surface area (Å²) in [5.41, 5.74) is 1.78. The molecular weight excluding hydrogens is 573 g/mol. The fourth-order valence-corrected chi connectivity index (χ4v) is 10.0. The zero-order valence-corrected chi connectivity index (χ0v) is 24.6. The Morgan fingerprint density at radius 3 is 2.03 bits per heavy atom. The second-order valence-electron chi connectivity index (χ2n) is 9.31. The van der Waals surface area contributed by atoms with Crippen LogP contribution in [0.3, 0.4) is 0 Å². The number of hydrogen-bond acceptors (Lipinski definition) is 6. The van der Waals surface area contributed by atoms with Crippen LogP contribution < -0.4 is 4.74 Å². The lowest BCUT2D eigenvalue weighted by molar-refractivity contribution is 0.169. The van der Waals surface area contributed by atoms with Crippen molar-refractivity contribution >= 4 is 73.5 Å². The molecule has 0 bridgehead atoms. The molecule has 1 aliphatic rings. The molecule has 2 aromatic carbocycles. The Balaban J connectivity index is 1.23. The maximum absolute atomic E-state index is 7.03. The average Bonchev–Trinajstić information content (AvgIpc) is 3.82. The van der Waals surface area contributed by atoms with E-state index in [1.54, 1.807) is 34.0 Å². The first-order chi connectivity index (χ1) is 19.3. The highest BCUT2D eigenvalue weighted by molar-refractivity contribution is 7.23. The molecule has 7 aromatic rings. The van der Waals surface area contributed by atoms with Gasteiger partial charge in [-0.15, -0.1) is 56.7 Å². The Labute approximate surface area is 246 Å². The number of ether oxygens (including phenoxy) is 1. The summed E-state index contributed by atoms with van der Waals surface area (Å²) < 4.78 is 7.03. The third-order valence-corrected chi connectivity index (χ3v) is 12.5. The second kappa shape index (κ2) is 9.44. The van der Waals surface area contributed by atoms with Gasteiger partial charge in [0.1, 0.15) is 5.75 Å². The van der Waals surface area contributed by atoms with E-state index in [1.807, 2.05) is 22.7 Å². The molecule has 0 spiro atoms. The van der Waals surface area contributed by atoms with E-state index in [0.717, 1.165) is 11.3 Å². The molecule has 39 heavy (non-hydrogen) atoms. The third kappa shape index (κ3) is 3.90. The van der Waals surface area contributed by atoms with E-state index in [-0.39, 0.29) is 0 Å².